The Kier molecular flexibility index (Phi) is 3.57. The summed E-state index contributed by atoms with van der Waals surface area (Å²) in [6.45, 7) is 1.13. The molecule has 1 unspecified atom stereocenters. The summed E-state index contributed by atoms with van der Waals surface area (Å²) in [5.41, 5.74) is 8.67. The molecule has 27 heavy (non-hydrogen) atoms. The minimum absolute atomic E-state index is 0.405. The number of anilines is 2. The summed E-state index contributed by atoms with van der Waals surface area (Å²) in [5.74, 6) is 1.19. The van der Waals surface area contributed by atoms with Gasteiger partial charge in [-0.2, -0.15) is 5.26 Å². The second-order valence-corrected chi connectivity index (χ2v) is 7.56. The van der Waals surface area contributed by atoms with Crippen molar-refractivity contribution in [3.8, 4) is 17.4 Å². The standard InChI is InChI=1S/C20H16N4O2S/c21-8-13-17(16-7-11-3-1-2-4-15(11)26-16)18-14(22)10-27-20(18)23-19(13)24-6-5-12(25)9-24/h1-4,7,10,12,25H,5-6,9,22H2. The van der Waals surface area contributed by atoms with Crippen molar-refractivity contribution < 1.29 is 9.52 Å². The molecule has 1 atom stereocenters. The maximum absolute atomic E-state index is 9.99. The molecule has 3 N–H and O–H groups in total. The highest BCUT2D eigenvalue weighted by atomic mass is 32.1. The molecule has 0 amide bonds. The van der Waals surface area contributed by atoms with Crippen LogP contribution in [0.25, 0.3) is 32.5 Å². The fraction of sp³-hybridized carbons (Fsp3) is 0.200. The molecule has 4 heterocycles. The number of nitriles is 1. The van der Waals surface area contributed by atoms with Gasteiger partial charge in [-0.15, -0.1) is 11.3 Å². The van der Waals surface area contributed by atoms with Crippen molar-refractivity contribution in [2.24, 2.45) is 0 Å². The highest BCUT2D eigenvalue weighted by Crippen LogP contribution is 2.43. The lowest BCUT2D eigenvalue weighted by Gasteiger charge is -2.19. The van der Waals surface area contributed by atoms with E-state index in [1.807, 2.05) is 40.6 Å². The summed E-state index contributed by atoms with van der Waals surface area (Å²) in [5, 5.41) is 23.5. The van der Waals surface area contributed by atoms with Gasteiger partial charge in [0.25, 0.3) is 0 Å². The fourth-order valence-electron chi connectivity index (χ4n) is 3.70. The number of nitrogen functional groups attached to an aromatic ring is 1. The normalized spacial score (nSPS) is 17.0. The van der Waals surface area contributed by atoms with Crippen molar-refractivity contribution in [3.63, 3.8) is 0 Å². The first kappa shape index (κ1) is 16.1. The Labute approximate surface area is 159 Å². The molecule has 7 heteroatoms. The zero-order valence-corrected chi connectivity index (χ0v) is 15.2. The minimum Gasteiger partial charge on any atom is -0.456 e. The number of hydrogen-bond acceptors (Lipinski definition) is 7. The van der Waals surface area contributed by atoms with E-state index >= 15 is 0 Å². The van der Waals surface area contributed by atoms with Crippen LogP contribution in [0.4, 0.5) is 11.5 Å². The third-order valence-corrected chi connectivity index (χ3v) is 5.87. The van der Waals surface area contributed by atoms with Crippen molar-refractivity contribution >= 4 is 44.0 Å². The van der Waals surface area contributed by atoms with Crippen molar-refractivity contribution in [2.75, 3.05) is 23.7 Å². The molecule has 0 spiro atoms. The first-order valence-corrected chi connectivity index (χ1v) is 9.56. The lowest BCUT2D eigenvalue weighted by molar-refractivity contribution is 0.198. The third kappa shape index (κ3) is 2.46. The van der Waals surface area contributed by atoms with Crippen LogP contribution in [0.3, 0.4) is 0 Å². The molecule has 1 saturated heterocycles. The lowest BCUT2D eigenvalue weighted by atomic mass is 10.0. The number of benzene rings is 1. The number of nitrogens with zero attached hydrogens (tertiary/aromatic N) is 3. The Bertz CT molecular complexity index is 1190. The molecule has 1 fully saturated rings. The van der Waals surface area contributed by atoms with Crippen LogP contribution in [-0.2, 0) is 0 Å². The Morgan fingerprint density at radius 1 is 1.37 bits per heavy atom. The predicted molar refractivity (Wildman–Crippen MR) is 107 cm³/mol. The van der Waals surface area contributed by atoms with Gasteiger partial charge in [0.1, 0.15) is 33.6 Å². The van der Waals surface area contributed by atoms with E-state index in [0.717, 1.165) is 21.2 Å². The number of hydrogen-bond donors (Lipinski definition) is 2. The van der Waals surface area contributed by atoms with Crippen LogP contribution in [0.5, 0.6) is 0 Å². The Hall–Kier alpha value is -3.08. The van der Waals surface area contributed by atoms with E-state index in [4.69, 9.17) is 15.1 Å². The number of furan rings is 1. The fourth-order valence-corrected chi connectivity index (χ4v) is 4.54. The number of thiophene rings is 1. The van der Waals surface area contributed by atoms with Gasteiger partial charge in [0, 0.05) is 29.2 Å². The van der Waals surface area contributed by atoms with Crippen LogP contribution >= 0.6 is 11.3 Å². The first-order valence-electron chi connectivity index (χ1n) is 8.68. The van der Waals surface area contributed by atoms with E-state index in [-0.39, 0.29) is 0 Å². The number of pyridine rings is 1. The summed E-state index contributed by atoms with van der Waals surface area (Å²) in [7, 11) is 0. The van der Waals surface area contributed by atoms with Crippen LogP contribution in [0.1, 0.15) is 12.0 Å². The van der Waals surface area contributed by atoms with Gasteiger partial charge in [0.2, 0.25) is 0 Å². The Balaban J connectivity index is 1.83. The molecular formula is C20H16N4O2S. The Morgan fingerprint density at radius 3 is 2.96 bits per heavy atom. The van der Waals surface area contributed by atoms with Gasteiger partial charge in [-0.05, 0) is 18.6 Å². The van der Waals surface area contributed by atoms with Crippen LogP contribution in [0, 0.1) is 11.3 Å². The molecule has 0 aliphatic carbocycles. The molecule has 0 radical (unpaired) electrons. The largest absolute Gasteiger partial charge is 0.456 e. The van der Waals surface area contributed by atoms with Gasteiger partial charge in [0.15, 0.2) is 0 Å². The molecule has 1 aromatic carbocycles. The van der Waals surface area contributed by atoms with Crippen molar-refractivity contribution in [1.29, 1.82) is 5.26 Å². The van der Waals surface area contributed by atoms with E-state index in [9.17, 15) is 10.4 Å². The monoisotopic (exact) mass is 376 g/mol. The van der Waals surface area contributed by atoms with Crippen molar-refractivity contribution in [1.82, 2.24) is 4.98 Å². The van der Waals surface area contributed by atoms with Gasteiger partial charge in [-0.1, -0.05) is 18.2 Å². The number of nitrogens with two attached hydrogens (primary N) is 1. The number of aliphatic hydroxyl groups excluding tert-OH is 1. The number of fused-ring (bicyclic) bond motifs is 2. The second kappa shape index (κ2) is 5.98. The molecule has 0 saturated carbocycles. The highest BCUT2D eigenvalue weighted by Gasteiger charge is 2.28. The topological polar surface area (TPSA) is 99.3 Å². The van der Waals surface area contributed by atoms with Gasteiger partial charge in [-0.3, -0.25) is 0 Å². The van der Waals surface area contributed by atoms with Crippen LogP contribution in [-0.4, -0.2) is 29.3 Å². The smallest absolute Gasteiger partial charge is 0.149 e. The molecule has 134 valence electrons. The molecular weight excluding hydrogens is 360 g/mol. The molecule has 5 rings (SSSR count). The molecule has 3 aromatic heterocycles. The summed E-state index contributed by atoms with van der Waals surface area (Å²) in [6.07, 6.45) is 0.258. The average molecular weight is 376 g/mol. The summed E-state index contributed by atoms with van der Waals surface area (Å²) in [4.78, 5) is 7.44. The van der Waals surface area contributed by atoms with E-state index in [2.05, 4.69) is 6.07 Å². The lowest BCUT2D eigenvalue weighted by Crippen LogP contribution is -2.23. The zero-order valence-electron chi connectivity index (χ0n) is 14.3. The maximum Gasteiger partial charge on any atom is 0.149 e. The minimum atomic E-state index is -0.405. The maximum atomic E-state index is 9.99. The Morgan fingerprint density at radius 2 is 2.22 bits per heavy atom. The molecule has 0 bridgehead atoms. The number of para-hydroxylation sites is 1. The zero-order chi connectivity index (χ0) is 18.5. The van der Waals surface area contributed by atoms with Crippen LogP contribution in [0.2, 0.25) is 0 Å². The quantitative estimate of drug-likeness (QED) is 0.553. The van der Waals surface area contributed by atoms with E-state index in [0.29, 0.717) is 47.9 Å². The van der Waals surface area contributed by atoms with E-state index in [1.54, 1.807) is 0 Å². The van der Waals surface area contributed by atoms with Crippen molar-refractivity contribution in [2.45, 2.75) is 12.5 Å². The van der Waals surface area contributed by atoms with Crippen LogP contribution in [0.15, 0.2) is 40.1 Å². The van der Waals surface area contributed by atoms with Crippen LogP contribution < -0.4 is 10.6 Å². The number of rotatable bonds is 2. The molecule has 4 aromatic rings. The molecule has 1 aliphatic heterocycles. The molecule has 6 nitrogen and oxygen atoms in total. The first-order chi connectivity index (χ1) is 13.2. The van der Waals surface area contributed by atoms with Gasteiger partial charge < -0.3 is 20.2 Å². The number of β-amino-alcohol motifs (C(OH)–C–C–N with tert-alkyl or cyclic N) is 1. The van der Waals surface area contributed by atoms with Gasteiger partial charge in [0.05, 0.1) is 17.4 Å². The van der Waals surface area contributed by atoms with E-state index < -0.39 is 6.10 Å². The summed E-state index contributed by atoms with van der Waals surface area (Å²) >= 11 is 1.45. The summed E-state index contributed by atoms with van der Waals surface area (Å²) < 4.78 is 6.07. The SMILES string of the molecule is N#Cc1c(N2CCC(O)C2)nc2scc(N)c2c1-c1cc2ccccc2o1. The average Bonchev–Trinajstić information content (AvgIpc) is 3.38. The third-order valence-electron chi connectivity index (χ3n) is 4.98. The number of aromatic nitrogens is 1. The van der Waals surface area contributed by atoms with Gasteiger partial charge >= 0.3 is 0 Å². The predicted octanol–water partition coefficient (Wildman–Crippen LogP) is 3.73. The van der Waals surface area contributed by atoms with E-state index in [1.165, 1.54) is 11.3 Å². The van der Waals surface area contributed by atoms with Gasteiger partial charge in [-0.25, -0.2) is 4.98 Å². The highest BCUT2D eigenvalue weighted by molar-refractivity contribution is 7.17. The molecule has 1 aliphatic rings. The number of aliphatic hydroxyl groups is 1. The van der Waals surface area contributed by atoms with Crippen molar-refractivity contribution in [3.05, 3.63) is 41.3 Å². The second-order valence-electron chi connectivity index (χ2n) is 6.71. The summed E-state index contributed by atoms with van der Waals surface area (Å²) in [6, 6.07) is 12.0.